The lowest BCUT2D eigenvalue weighted by molar-refractivity contribution is 0.594. The second-order valence-corrected chi connectivity index (χ2v) is 3.70. The van der Waals surface area contributed by atoms with E-state index < -0.39 is 0 Å². The maximum atomic E-state index is 11.6. The Labute approximate surface area is 83.2 Å². The van der Waals surface area contributed by atoms with Crippen LogP contribution in [0.1, 0.15) is 19.9 Å². The number of hydrogen-bond acceptors (Lipinski definition) is 1. The number of aromatic nitrogens is 1. The van der Waals surface area contributed by atoms with Crippen molar-refractivity contribution in [1.29, 1.82) is 0 Å². The first kappa shape index (κ1) is 9.00. The number of hydrogen-bond donors (Lipinski definition) is 0. The van der Waals surface area contributed by atoms with Crippen LogP contribution in [0.2, 0.25) is 0 Å². The van der Waals surface area contributed by atoms with E-state index in [1.165, 1.54) is 0 Å². The topological polar surface area (TPSA) is 22.0 Å². The summed E-state index contributed by atoms with van der Waals surface area (Å²) in [6.07, 6.45) is 0. The molecular formula is C12H13NO. The fraction of sp³-hybridized carbons (Fsp3) is 0.250. The summed E-state index contributed by atoms with van der Waals surface area (Å²) in [5.41, 5.74) is 2.10. The van der Waals surface area contributed by atoms with E-state index in [0.717, 1.165) is 11.3 Å². The zero-order valence-corrected chi connectivity index (χ0v) is 8.40. The molecule has 0 atom stereocenters. The van der Waals surface area contributed by atoms with E-state index in [1.807, 2.05) is 48.7 Å². The largest absolute Gasteiger partial charge is 0.306 e. The highest BCUT2D eigenvalue weighted by Crippen LogP contribution is 2.21. The van der Waals surface area contributed by atoms with Gasteiger partial charge in [-0.15, -0.1) is 0 Å². The maximum Gasteiger partial charge on any atom is 0.251 e. The highest BCUT2D eigenvalue weighted by Gasteiger charge is 2.12. The summed E-state index contributed by atoms with van der Waals surface area (Å²) in [5, 5.41) is 0. The van der Waals surface area contributed by atoms with Gasteiger partial charge in [0, 0.05) is 17.7 Å². The van der Waals surface area contributed by atoms with Crippen molar-refractivity contribution in [1.82, 2.24) is 4.57 Å². The normalized spacial score (nSPS) is 11.1. The van der Waals surface area contributed by atoms with Crippen molar-refractivity contribution >= 4 is 0 Å². The van der Waals surface area contributed by atoms with Gasteiger partial charge in [-0.2, -0.15) is 0 Å². The van der Waals surface area contributed by atoms with Crippen LogP contribution in [0, 0.1) is 0 Å². The SMILES string of the molecule is CC(C)n1c2cccccc-2cc1=O. The third-order valence-corrected chi connectivity index (χ3v) is 2.34. The number of rotatable bonds is 1. The second kappa shape index (κ2) is 3.29. The van der Waals surface area contributed by atoms with E-state index >= 15 is 0 Å². The molecule has 0 amide bonds. The summed E-state index contributed by atoms with van der Waals surface area (Å²) in [4.78, 5) is 11.6. The molecule has 0 N–H and O–H groups in total. The minimum atomic E-state index is 0.0844. The predicted octanol–water partition coefficient (Wildman–Crippen LogP) is 2.53. The van der Waals surface area contributed by atoms with Crippen LogP contribution in [0.5, 0.6) is 0 Å². The first-order valence-corrected chi connectivity index (χ1v) is 4.80. The lowest BCUT2D eigenvalue weighted by Gasteiger charge is -2.08. The van der Waals surface area contributed by atoms with Gasteiger partial charge in [0.1, 0.15) is 0 Å². The molecule has 0 fully saturated rings. The molecule has 0 aromatic carbocycles. The Kier molecular flexibility index (Phi) is 2.12. The lowest BCUT2D eigenvalue weighted by atomic mass is 10.2. The zero-order chi connectivity index (χ0) is 10.1. The van der Waals surface area contributed by atoms with Crippen molar-refractivity contribution in [3.8, 4) is 11.3 Å². The number of nitrogens with zero attached hydrogens (tertiary/aromatic N) is 1. The molecule has 0 saturated heterocycles. The summed E-state index contributed by atoms with van der Waals surface area (Å²) in [6, 6.07) is 11.7. The van der Waals surface area contributed by atoms with E-state index in [1.54, 1.807) is 6.07 Å². The molecule has 0 aromatic rings. The van der Waals surface area contributed by atoms with E-state index in [0.29, 0.717) is 0 Å². The fourth-order valence-corrected chi connectivity index (χ4v) is 1.75. The van der Waals surface area contributed by atoms with Gasteiger partial charge in [-0.3, -0.25) is 4.79 Å². The lowest BCUT2D eigenvalue weighted by Crippen LogP contribution is -2.16. The minimum Gasteiger partial charge on any atom is -0.306 e. The average Bonchev–Trinajstić information content (AvgIpc) is 2.31. The molecule has 0 saturated carbocycles. The van der Waals surface area contributed by atoms with Crippen molar-refractivity contribution < 1.29 is 0 Å². The fourth-order valence-electron chi connectivity index (χ4n) is 1.75. The summed E-state index contributed by atoms with van der Waals surface area (Å²) in [5.74, 6) is 0. The van der Waals surface area contributed by atoms with E-state index in [2.05, 4.69) is 0 Å². The molecule has 2 rings (SSSR count). The van der Waals surface area contributed by atoms with Crippen molar-refractivity contribution in [2.45, 2.75) is 19.9 Å². The minimum absolute atomic E-state index is 0.0844. The Morgan fingerprint density at radius 1 is 1.14 bits per heavy atom. The van der Waals surface area contributed by atoms with Gasteiger partial charge < -0.3 is 4.57 Å². The molecule has 1 heterocycles. The highest BCUT2D eigenvalue weighted by molar-refractivity contribution is 5.61. The quantitative estimate of drug-likeness (QED) is 0.672. The molecule has 0 aromatic heterocycles. The first-order chi connectivity index (χ1) is 6.70. The van der Waals surface area contributed by atoms with E-state index in [4.69, 9.17) is 0 Å². The Bertz CT molecular complexity index is 470. The van der Waals surface area contributed by atoms with Crippen molar-refractivity contribution in [3.63, 3.8) is 0 Å². The summed E-state index contributed by atoms with van der Waals surface area (Å²) in [6.45, 7) is 4.04. The van der Waals surface area contributed by atoms with Gasteiger partial charge >= 0.3 is 0 Å². The van der Waals surface area contributed by atoms with Crippen LogP contribution in [0.25, 0.3) is 11.3 Å². The second-order valence-electron chi connectivity index (χ2n) is 3.70. The average molecular weight is 187 g/mol. The predicted molar refractivity (Wildman–Crippen MR) is 57.7 cm³/mol. The molecule has 0 spiro atoms. The van der Waals surface area contributed by atoms with Gasteiger partial charge in [-0.25, -0.2) is 0 Å². The van der Waals surface area contributed by atoms with Crippen LogP contribution >= 0.6 is 0 Å². The van der Waals surface area contributed by atoms with E-state index in [-0.39, 0.29) is 11.6 Å². The van der Waals surface area contributed by atoms with Crippen molar-refractivity contribution in [2.75, 3.05) is 0 Å². The van der Waals surface area contributed by atoms with Gasteiger partial charge in [0.25, 0.3) is 5.56 Å². The molecule has 72 valence electrons. The molecule has 2 aliphatic rings. The van der Waals surface area contributed by atoms with Crippen LogP contribution in [0.15, 0.2) is 41.2 Å². The van der Waals surface area contributed by atoms with Gasteiger partial charge in [0.05, 0.1) is 5.69 Å². The molecule has 14 heavy (non-hydrogen) atoms. The van der Waals surface area contributed by atoms with Crippen LogP contribution in [-0.2, 0) is 0 Å². The smallest absolute Gasteiger partial charge is 0.251 e. The van der Waals surface area contributed by atoms with Crippen LogP contribution in [0.4, 0.5) is 0 Å². The van der Waals surface area contributed by atoms with Crippen LogP contribution in [0.3, 0.4) is 0 Å². The van der Waals surface area contributed by atoms with Gasteiger partial charge in [0.2, 0.25) is 0 Å². The first-order valence-electron chi connectivity index (χ1n) is 4.80. The maximum absolute atomic E-state index is 11.6. The zero-order valence-electron chi connectivity index (χ0n) is 8.40. The molecular weight excluding hydrogens is 174 g/mol. The molecule has 2 nitrogen and oxygen atoms in total. The Hall–Kier alpha value is -1.57. The summed E-state index contributed by atoms with van der Waals surface area (Å²) < 4.78 is 1.81. The molecule has 0 radical (unpaired) electrons. The summed E-state index contributed by atoms with van der Waals surface area (Å²) >= 11 is 0. The van der Waals surface area contributed by atoms with Gasteiger partial charge in [-0.05, 0) is 19.9 Å². The third kappa shape index (κ3) is 1.33. The van der Waals surface area contributed by atoms with Gasteiger partial charge in [0.15, 0.2) is 0 Å². The molecule has 1 aliphatic carbocycles. The molecule has 2 heteroatoms. The molecule has 0 bridgehead atoms. The third-order valence-electron chi connectivity index (χ3n) is 2.34. The monoisotopic (exact) mass is 187 g/mol. The van der Waals surface area contributed by atoms with Crippen LogP contribution in [-0.4, -0.2) is 4.57 Å². The molecule has 0 unspecified atom stereocenters. The highest BCUT2D eigenvalue weighted by atomic mass is 16.1. The van der Waals surface area contributed by atoms with E-state index in [9.17, 15) is 4.79 Å². The summed E-state index contributed by atoms with van der Waals surface area (Å²) in [7, 11) is 0. The van der Waals surface area contributed by atoms with Crippen LogP contribution < -0.4 is 5.56 Å². The number of fused-ring (bicyclic) bond motifs is 1. The Morgan fingerprint density at radius 2 is 1.86 bits per heavy atom. The Balaban J connectivity index is 2.78. The Morgan fingerprint density at radius 3 is 2.57 bits per heavy atom. The van der Waals surface area contributed by atoms with Crippen molar-refractivity contribution in [3.05, 3.63) is 46.8 Å². The molecule has 1 aliphatic heterocycles. The van der Waals surface area contributed by atoms with Crippen molar-refractivity contribution in [2.24, 2.45) is 0 Å². The van der Waals surface area contributed by atoms with Gasteiger partial charge in [-0.1, -0.05) is 24.3 Å². The standard InChI is InChI=1S/C12H13NO/c1-9(2)13-11-7-5-3-4-6-10(11)8-12(13)14/h3-9H,1-2H3.